The van der Waals surface area contributed by atoms with E-state index in [1.807, 2.05) is 24.3 Å². The first-order valence-electron chi connectivity index (χ1n) is 5.88. The first-order chi connectivity index (χ1) is 8.16. The van der Waals surface area contributed by atoms with Gasteiger partial charge in [0, 0.05) is 4.47 Å². The summed E-state index contributed by atoms with van der Waals surface area (Å²) in [6, 6.07) is 7.50. The Morgan fingerprint density at radius 2 is 1.88 bits per heavy atom. The van der Waals surface area contributed by atoms with Crippen molar-refractivity contribution in [2.24, 2.45) is 0 Å². The van der Waals surface area contributed by atoms with Crippen molar-refractivity contribution in [1.82, 2.24) is 4.90 Å². The summed E-state index contributed by atoms with van der Waals surface area (Å²) < 4.78 is 1.02. The van der Waals surface area contributed by atoms with Crippen molar-refractivity contribution in [3.63, 3.8) is 0 Å². The smallest absolute Gasteiger partial charge is 0.321 e. The molecule has 0 amide bonds. The van der Waals surface area contributed by atoms with Crippen molar-refractivity contribution < 1.29 is 9.90 Å². The molecule has 1 heterocycles. The van der Waals surface area contributed by atoms with Gasteiger partial charge in [-0.15, -0.1) is 0 Å². The fraction of sp³-hybridized carbons (Fsp3) is 0.462. The summed E-state index contributed by atoms with van der Waals surface area (Å²) in [5.41, 5.74) is 1.08. The van der Waals surface area contributed by atoms with E-state index in [1.165, 1.54) is 0 Å². The zero-order chi connectivity index (χ0) is 12.3. The summed E-state index contributed by atoms with van der Waals surface area (Å²) in [6.07, 6.45) is 2.82. The number of nitrogens with zero attached hydrogens (tertiary/aromatic N) is 1. The molecule has 0 aliphatic carbocycles. The van der Waals surface area contributed by atoms with Crippen LogP contribution in [0.4, 0.5) is 0 Å². The molecule has 0 aromatic heterocycles. The van der Waals surface area contributed by atoms with E-state index in [2.05, 4.69) is 20.8 Å². The average molecular weight is 298 g/mol. The maximum absolute atomic E-state index is 11.3. The molecule has 1 fully saturated rings. The summed E-state index contributed by atoms with van der Waals surface area (Å²) in [5, 5.41) is 9.30. The van der Waals surface area contributed by atoms with E-state index in [0.717, 1.165) is 36.0 Å². The normalized spacial score (nSPS) is 18.2. The van der Waals surface area contributed by atoms with Crippen LogP contribution in [0.15, 0.2) is 28.7 Å². The van der Waals surface area contributed by atoms with E-state index < -0.39 is 5.97 Å². The van der Waals surface area contributed by atoms with E-state index in [1.54, 1.807) is 0 Å². The number of benzene rings is 1. The summed E-state index contributed by atoms with van der Waals surface area (Å²) in [6.45, 7) is 1.82. The Hall–Kier alpha value is -0.870. The van der Waals surface area contributed by atoms with Gasteiger partial charge in [-0.2, -0.15) is 0 Å². The van der Waals surface area contributed by atoms with Crippen LogP contribution in [0.1, 0.15) is 18.4 Å². The van der Waals surface area contributed by atoms with Gasteiger partial charge in [-0.05, 0) is 50.0 Å². The van der Waals surface area contributed by atoms with Crippen LogP contribution in [0, 0.1) is 0 Å². The minimum atomic E-state index is -0.713. The van der Waals surface area contributed by atoms with Crippen LogP contribution in [0.2, 0.25) is 0 Å². The SMILES string of the molecule is O=C(O)[C@H](Cc1ccc(Br)cc1)N1CCCC1. The first-order valence-corrected chi connectivity index (χ1v) is 6.67. The number of halogens is 1. The molecule has 0 unspecified atom stereocenters. The van der Waals surface area contributed by atoms with Crippen LogP contribution < -0.4 is 0 Å². The Balaban J connectivity index is 2.06. The van der Waals surface area contributed by atoms with Gasteiger partial charge in [0.1, 0.15) is 6.04 Å². The number of carbonyl (C=O) groups is 1. The van der Waals surface area contributed by atoms with Crippen LogP contribution in [-0.4, -0.2) is 35.1 Å². The molecule has 1 N–H and O–H groups in total. The van der Waals surface area contributed by atoms with Gasteiger partial charge in [-0.3, -0.25) is 9.69 Å². The van der Waals surface area contributed by atoms with Crippen molar-refractivity contribution in [3.8, 4) is 0 Å². The predicted octanol–water partition coefficient (Wildman–Crippen LogP) is 2.54. The Morgan fingerprint density at radius 3 is 2.41 bits per heavy atom. The molecule has 1 aromatic carbocycles. The van der Waals surface area contributed by atoms with Crippen LogP contribution in [-0.2, 0) is 11.2 Å². The van der Waals surface area contributed by atoms with Crippen LogP contribution in [0.3, 0.4) is 0 Å². The molecule has 92 valence electrons. The second kappa shape index (κ2) is 5.65. The molecule has 1 aliphatic heterocycles. The monoisotopic (exact) mass is 297 g/mol. The number of carboxylic acids is 1. The van der Waals surface area contributed by atoms with Gasteiger partial charge in [0.25, 0.3) is 0 Å². The molecule has 0 spiro atoms. The highest BCUT2D eigenvalue weighted by molar-refractivity contribution is 9.10. The van der Waals surface area contributed by atoms with Crippen molar-refractivity contribution in [3.05, 3.63) is 34.3 Å². The number of carboxylic acid groups (broad SMARTS) is 1. The molecule has 1 atom stereocenters. The van der Waals surface area contributed by atoms with E-state index >= 15 is 0 Å². The molecule has 1 aromatic rings. The fourth-order valence-corrected chi connectivity index (χ4v) is 2.53. The molecule has 1 aliphatic rings. The van der Waals surface area contributed by atoms with E-state index in [9.17, 15) is 9.90 Å². The first kappa shape index (κ1) is 12.6. The van der Waals surface area contributed by atoms with Crippen molar-refractivity contribution in [2.45, 2.75) is 25.3 Å². The number of rotatable bonds is 4. The Labute approximate surface area is 110 Å². The second-order valence-corrected chi connectivity index (χ2v) is 5.34. The third kappa shape index (κ3) is 3.30. The van der Waals surface area contributed by atoms with Crippen molar-refractivity contribution in [2.75, 3.05) is 13.1 Å². The summed E-state index contributed by atoms with van der Waals surface area (Å²) >= 11 is 3.38. The van der Waals surface area contributed by atoms with Crippen LogP contribution >= 0.6 is 15.9 Å². The maximum atomic E-state index is 11.3. The molecule has 0 saturated carbocycles. The lowest BCUT2D eigenvalue weighted by atomic mass is 10.1. The molecule has 0 bridgehead atoms. The van der Waals surface area contributed by atoms with Gasteiger partial charge in [0.2, 0.25) is 0 Å². The lowest BCUT2D eigenvalue weighted by molar-refractivity contribution is -0.142. The highest BCUT2D eigenvalue weighted by Crippen LogP contribution is 2.17. The summed E-state index contributed by atoms with van der Waals surface area (Å²) in [5.74, 6) is -0.713. The average Bonchev–Trinajstić information content (AvgIpc) is 2.81. The number of likely N-dealkylation sites (tertiary alicyclic amines) is 1. The number of hydrogen-bond donors (Lipinski definition) is 1. The molecule has 2 rings (SSSR count). The minimum absolute atomic E-state index is 0.376. The van der Waals surface area contributed by atoms with Gasteiger partial charge in [0.05, 0.1) is 0 Å². The quantitative estimate of drug-likeness (QED) is 0.928. The van der Waals surface area contributed by atoms with Gasteiger partial charge in [-0.1, -0.05) is 28.1 Å². The standard InChI is InChI=1S/C13H16BrNO2/c14-11-5-3-10(4-6-11)9-12(13(16)17)15-7-1-2-8-15/h3-6,12H,1-2,7-9H2,(H,16,17)/t12-/m0/s1. The maximum Gasteiger partial charge on any atom is 0.321 e. The Kier molecular flexibility index (Phi) is 4.18. The zero-order valence-corrected chi connectivity index (χ0v) is 11.2. The van der Waals surface area contributed by atoms with Gasteiger partial charge >= 0.3 is 5.97 Å². The van der Waals surface area contributed by atoms with Crippen molar-refractivity contribution >= 4 is 21.9 Å². The molecule has 1 saturated heterocycles. The van der Waals surface area contributed by atoms with E-state index in [0.29, 0.717) is 6.42 Å². The second-order valence-electron chi connectivity index (χ2n) is 4.43. The minimum Gasteiger partial charge on any atom is -0.480 e. The molecule has 0 radical (unpaired) electrons. The van der Waals surface area contributed by atoms with Crippen LogP contribution in [0.5, 0.6) is 0 Å². The van der Waals surface area contributed by atoms with E-state index in [4.69, 9.17) is 0 Å². The highest BCUT2D eigenvalue weighted by atomic mass is 79.9. The summed E-state index contributed by atoms with van der Waals surface area (Å²) in [7, 11) is 0. The van der Waals surface area contributed by atoms with Gasteiger partial charge in [0.15, 0.2) is 0 Å². The predicted molar refractivity (Wildman–Crippen MR) is 70.1 cm³/mol. The van der Waals surface area contributed by atoms with E-state index in [-0.39, 0.29) is 6.04 Å². The largest absolute Gasteiger partial charge is 0.480 e. The molecular weight excluding hydrogens is 282 g/mol. The van der Waals surface area contributed by atoms with Crippen molar-refractivity contribution in [1.29, 1.82) is 0 Å². The highest BCUT2D eigenvalue weighted by Gasteiger charge is 2.27. The topological polar surface area (TPSA) is 40.5 Å². The lowest BCUT2D eigenvalue weighted by Gasteiger charge is -2.23. The third-order valence-corrected chi connectivity index (χ3v) is 3.74. The Bertz CT molecular complexity index is 385. The summed E-state index contributed by atoms with van der Waals surface area (Å²) in [4.78, 5) is 13.4. The van der Waals surface area contributed by atoms with Gasteiger partial charge < -0.3 is 5.11 Å². The molecular formula is C13H16BrNO2. The lowest BCUT2D eigenvalue weighted by Crippen LogP contribution is -2.40. The number of aliphatic carboxylic acids is 1. The molecule has 4 heteroatoms. The van der Waals surface area contributed by atoms with Crippen LogP contribution in [0.25, 0.3) is 0 Å². The molecule has 17 heavy (non-hydrogen) atoms. The Morgan fingerprint density at radius 1 is 1.29 bits per heavy atom. The molecule has 3 nitrogen and oxygen atoms in total. The zero-order valence-electron chi connectivity index (χ0n) is 9.60. The third-order valence-electron chi connectivity index (χ3n) is 3.21. The fourth-order valence-electron chi connectivity index (χ4n) is 2.27. The van der Waals surface area contributed by atoms with Gasteiger partial charge in [-0.25, -0.2) is 0 Å². The number of hydrogen-bond acceptors (Lipinski definition) is 2.